The highest BCUT2D eigenvalue weighted by Crippen LogP contribution is 2.37. The molecule has 1 saturated heterocycles. The average molecular weight is 414 g/mol. The molecule has 4 rings (SSSR count). The Morgan fingerprint density at radius 1 is 1.14 bits per heavy atom. The van der Waals surface area contributed by atoms with Gasteiger partial charge in [0.25, 0.3) is 0 Å². The van der Waals surface area contributed by atoms with E-state index in [9.17, 15) is 17.6 Å². The Labute approximate surface area is 163 Å². The van der Waals surface area contributed by atoms with Crippen molar-refractivity contribution in [2.75, 3.05) is 18.0 Å². The Hall–Kier alpha value is -2.55. The van der Waals surface area contributed by atoms with Gasteiger partial charge in [0.2, 0.25) is 0 Å². The number of rotatable bonds is 3. The van der Waals surface area contributed by atoms with Crippen molar-refractivity contribution in [1.29, 1.82) is 0 Å². The van der Waals surface area contributed by atoms with E-state index in [0.29, 0.717) is 30.9 Å². The van der Waals surface area contributed by atoms with E-state index in [1.54, 1.807) is 36.1 Å². The summed E-state index contributed by atoms with van der Waals surface area (Å²) < 4.78 is 55.2. The van der Waals surface area contributed by atoms with Crippen molar-refractivity contribution in [2.24, 2.45) is 0 Å². The first-order valence-electron chi connectivity index (χ1n) is 8.61. The second-order valence-corrected chi connectivity index (χ2v) is 7.08. The first-order valence-corrected chi connectivity index (χ1v) is 8.99. The number of nitrogens with zero attached hydrogens (tertiary/aromatic N) is 5. The highest BCUT2D eigenvalue weighted by atomic mass is 35.5. The molecule has 148 valence electrons. The third-order valence-electron chi connectivity index (χ3n) is 4.88. The van der Waals surface area contributed by atoms with Gasteiger partial charge in [-0.15, -0.1) is 0 Å². The fourth-order valence-electron chi connectivity index (χ4n) is 3.42. The van der Waals surface area contributed by atoms with Crippen LogP contribution in [0.5, 0.6) is 0 Å². The molecule has 1 fully saturated rings. The average Bonchev–Trinajstić information content (AvgIpc) is 3.35. The first-order chi connectivity index (χ1) is 13.2. The number of halogens is 5. The van der Waals surface area contributed by atoms with Gasteiger partial charge in [0, 0.05) is 13.1 Å². The number of hydrogen-bond acceptors (Lipinski definition) is 3. The van der Waals surface area contributed by atoms with Crippen LogP contribution < -0.4 is 4.90 Å². The van der Waals surface area contributed by atoms with Gasteiger partial charge in [-0.25, -0.2) is 9.07 Å². The van der Waals surface area contributed by atoms with Gasteiger partial charge in [-0.1, -0.05) is 11.6 Å². The van der Waals surface area contributed by atoms with Crippen molar-refractivity contribution in [3.8, 4) is 5.69 Å². The van der Waals surface area contributed by atoms with E-state index in [1.165, 1.54) is 16.8 Å². The van der Waals surface area contributed by atoms with E-state index in [2.05, 4.69) is 10.2 Å². The SMILES string of the molecule is Cc1c(Cl)c(C(F)(F)F)nn1C1CCN(c2cnn(-c3ccc(F)cc3)c2)C1. The predicted octanol–water partition coefficient (Wildman–Crippen LogP) is 4.64. The molecular weight excluding hydrogens is 398 g/mol. The molecule has 1 unspecified atom stereocenters. The smallest absolute Gasteiger partial charge is 0.367 e. The van der Waals surface area contributed by atoms with Gasteiger partial charge in [-0.3, -0.25) is 4.68 Å². The van der Waals surface area contributed by atoms with E-state index < -0.39 is 11.9 Å². The summed E-state index contributed by atoms with van der Waals surface area (Å²) in [5, 5.41) is 7.66. The Morgan fingerprint density at radius 2 is 1.86 bits per heavy atom. The van der Waals surface area contributed by atoms with Crippen molar-refractivity contribution in [3.05, 3.63) is 58.9 Å². The molecule has 1 aromatic carbocycles. The molecule has 1 atom stereocenters. The summed E-state index contributed by atoms with van der Waals surface area (Å²) in [7, 11) is 0. The van der Waals surface area contributed by atoms with Gasteiger partial charge in [0.1, 0.15) is 5.82 Å². The fraction of sp³-hybridized carbons (Fsp3) is 0.333. The van der Waals surface area contributed by atoms with Gasteiger partial charge < -0.3 is 4.90 Å². The van der Waals surface area contributed by atoms with E-state index in [4.69, 9.17) is 11.6 Å². The van der Waals surface area contributed by atoms with Crippen LogP contribution in [0, 0.1) is 12.7 Å². The van der Waals surface area contributed by atoms with E-state index in [0.717, 1.165) is 5.69 Å². The lowest BCUT2D eigenvalue weighted by atomic mass is 10.2. The lowest BCUT2D eigenvalue weighted by Crippen LogP contribution is -2.21. The largest absolute Gasteiger partial charge is 0.436 e. The summed E-state index contributed by atoms with van der Waals surface area (Å²) >= 11 is 5.86. The van der Waals surface area contributed by atoms with Crippen molar-refractivity contribution in [3.63, 3.8) is 0 Å². The van der Waals surface area contributed by atoms with E-state index >= 15 is 0 Å². The van der Waals surface area contributed by atoms with Crippen LogP contribution in [0.15, 0.2) is 36.7 Å². The van der Waals surface area contributed by atoms with Crippen LogP contribution in [-0.2, 0) is 6.18 Å². The molecule has 2 aromatic heterocycles. The predicted molar refractivity (Wildman–Crippen MR) is 96.4 cm³/mol. The Morgan fingerprint density at radius 3 is 2.50 bits per heavy atom. The number of hydrogen-bond donors (Lipinski definition) is 0. The topological polar surface area (TPSA) is 38.9 Å². The van der Waals surface area contributed by atoms with Crippen LogP contribution >= 0.6 is 11.6 Å². The molecule has 3 heterocycles. The number of benzene rings is 1. The molecule has 0 amide bonds. The van der Waals surface area contributed by atoms with Gasteiger partial charge in [0.15, 0.2) is 5.69 Å². The fourth-order valence-corrected chi connectivity index (χ4v) is 3.65. The van der Waals surface area contributed by atoms with Crippen molar-refractivity contribution < 1.29 is 17.6 Å². The molecule has 3 aromatic rings. The molecule has 0 bridgehead atoms. The number of aromatic nitrogens is 4. The van der Waals surface area contributed by atoms with Gasteiger partial charge in [-0.05, 0) is 37.6 Å². The molecule has 5 nitrogen and oxygen atoms in total. The van der Waals surface area contributed by atoms with E-state index in [-0.39, 0.29) is 16.9 Å². The monoisotopic (exact) mass is 413 g/mol. The lowest BCUT2D eigenvalue weighted by Gasteiger charge is -2.17. The molecule has 0 saturated carbocycles. The summed E-state index contributed by atoms with van der Waals surface area (Å²) in [5.41, 5.74) is 0.809. The van der Waals surface area contributed by atoms with Gasteiger partial charge in [-0.2, -0.15) is 23.4 Å². The highest BCUT2D eigenvalue weighted by Gasteiger charge is 2.39. The second-order valence-electron chi connectivity index (χ2n) is 6.70. The van der Waals surface area contributed by atoms with Crippen LogP contribution in [0.1, 0.15) is 23.9 Å². The molecule has 0 N–H and O–H groups in total. The van der Waals surface area contributed by atoms with Crippen molar-refractivity contribution >= 4 is 17.3 Å². The maximum Gasteiger partial charge on any atom is 0.436 e. The molecule has 0 spiro atoms. The maximum absolute atomic E-state index is 13.1. The molecule has 0 radical (unpaired) electrons. The van der Waals surface area contributed by atoms with Crippen molar-refractivity contribution in [2.45, 2.75) is 25.6 Å². The zero-order chi connectivity index (χ0) is 20.1. The molecule has 0 aliphatic carbocycles. The minimum atomic E-state index is -4.58. The molecule has 1 aliphatic rings. The standard InChI is InChI=1S/C18H16ClF4N5/c1-11-16(19)17(18(21,22)23)25-28(11)14-6-7-26(9-14)15-8-24-27(10-15)13-4-2-12(20)3-5-13/h2-5,8,10,14H,6-7,9H2,1H3. The lowest BCUT2D eigenvalue weighted by molar-refractivity contribution is -0.141. The molecular formula is C18H16ClF4N5. The van der Waals surface area contributed by atoms with Gasteiger partial charge >= 0.3 is 6.18 Å². The minimum Gasteiger partial charge on any atom is -0.367 e. The molecule has 10 heteroatoms. The third kappa shape index (κ3) is 3.34. The van der Waals surface area contributed by atoms with Crippen LogP contribution in [-0.4, -0.2) is 32.7 Å². The van der Waals surface area contributed by atoms with Crippen molar-refractivity contribution in [1.82, 2.24) is 19.6 Å². The van der Waals surface area contributed by atoms with Crippen LogP contribution in [0.25, 0.3) is 5.69 Å². The zero-order valence-electron chi connectivity index (χ0n) is 14.8. The second kappa shape index (κ2) is 6.80. The number of alkyl halides is 3. The molecule has 1 aliphatic heterocycles. The zero-order valence-corrected chi connectivity index (χ0v) is 15.5. The van der Waals surface area contributed by atoms with E-state index in [1.807, 2.05) is 4.90 Å². The summed E-state index contributed by atoms with van der Waals surface area (Å²) in [5.74, 6) is -0.329. The van der Waals surface area contributed by atoms with Gasteiger partial charge in [0.05, 0.1) is 40.5 Å². The van der Waals surface area contributed by atoms with Crippen LogP contribution in [0.2, 0.25) is 5.02 Å². The quantitative estimate of drug-likeness (QED) is 0.587. The summed E-state index contributed by atoms with van der Waals surface area (Å²) in [6, 6.07) is 5.72. The summed E-state index contributed by atoms with van der Waals surface area (Å²) in [6.45, 7) is 2.68. The van der Waals surface area contributed by atoms with Crippen LogP contribution in [0.4, 0.5) is 23.2 Å². The summed E-state index contributed by atoms with van der Waals surface area (Å²) in [6.07, 6.45) is -0.463. The maximum atomic E-state index is 13.1. The Balaban J connectivity index is 1.53. The number of anilines is 1. The molecule has 28 heavy (non-hydrogen) atoms. The highest BCUT2D eigenvalue weighted by molar-refractivity contribution is 6.31. The minimum absolute atomic E-state index is 0.220. The Kier molecular flexibility index (Phi) is 4.57. The first kappa shape index (κ1) is 18.8. The summed E-state index contributed by atoms with van der Waals surface area (Å²) in [4.78, 5) is 2.03. The van der Waals surface area contributed by atoms with Crippen LogP contribution in [0.3, 0.4) is 0 Å². The third-order valence-corrected chi connectivity index (χ3v) is 5.33. The normalized spacial score (nSPS) is 17.5. The Bertz CT molecular complexity index is 993.